The molecule has 1 aliphatic rings. The summed E-state index contributed by atoms with van der Waals surface area (Å²) in [6.45, 7) is 0.124. The van der Waals surface area contributed by atoms with E-state index in [-0.39, 0.29) is 29.1 Å². The number of para-hydroxylation sites is 1. The number of fused-ring (bicyclic) bond motifs is 1. The van der Waals surface area contributed by atoms with Crippen molar-refractivity contribution in [1.29, 1.82) is 0 Å². The van der Waals surface area contributed by atoms with Crippen LogP contribution in [0.3, 0.4) is 0 Å². The van der Waals surface area contributed by atoms with Crippen molar-refractivity contribution in [3.8, 4) is 16.9 Å². The molecule has 4 rings (SSSR count). The molecule has 0 saturated heterocycles. The summed E-state index contributed by atoms with van der Waals surface area (Å²) in [6.07, 6.45) is -4.85. The van der Waals surface area contributed by atoms with E-state index in [9.17, 15) is 22.8 Å². The van der Waals surface area contributed by atoms with E-state index in [1.807, 2.05) is 0 Å². The predicted octanol–water partition coefficient (Wildman–Crippen LogP) is 4.75. The Bertz CT molecular complexity index is 1130. The van der Waals surface area contributed by atoms with Gasteiger partial charge in [0.2, 0.25) is 0 Å². The van der Waals surface area contributed by atoms with Gasteiger partial charge in [-0.1, -0.05) is 42.5 Å². The van der Waals surface area contributed by atoms with Crippen molar-refractivity contribution in [2.75, 3.05) is 5.32 Å². The van der Waals surface area contributed by atoms with Gasteiger partial charge >= 0.3 is 6.36 Å². The van der Waals surface area contributed by atoms with Crippen LogP contribution in [0.2, 0.25) is 0 Å². The van der Waals surface area contributed by atoms with Gasteiger partial charge in [-0.2, -0.15) is 0 Å². The van der Waals surface area contributed by atoms with Gasteiger partial charge in [-0.05, 0) is 35.4 Å². The van der Waals surface area contributed by atoms with Crippen LogP contribution in [0.5, 0.6) is 5.75 Å². The van der Waals surface area contributed by atoms with E-state index >= 15 is 0 Å². The molecule has 1 heterocycles. The van der Waals surface area contributed by atoms with Gasteiger partial charge in [-0.15, -0.1) is 13.2 Å². The molecule has 152 valence electrons. The Morgan fingerprint density at radius 1 is 0.933 bits per heavy atom. The third-order valence-corrected chi connectivity index (χ3v) is 4.65. The number of benzene rings is 3. The molecule has 1 aliphatic heterocycles. The molecule has 0 aliphatic carbocycles. The van der Waals surface area contributed by atoms with Gasteiger partial charge in [-0.3, -0.25) is 9.59 Å². The van der Waals surface area contributed by atoms with E-state index in [2.05, 4.69) is 15.4 Å². The fourth-order valence-electron chi connectivity index (χ4n) is 3.39. The fraction of sp³-hybridized carbons (Fsp3) is 0.0909. The van der Waals surface area contributed by atoms with Gasteiger partial charge in [0.25, 0.3) is 11.8 Å². The zero-order valence-corrected chi connectivity index (χ0v) is 15.4. The van der Waals surface area contributed by atoms with Crippen LogP contribution >= 0.6 is 0 Å². The highest BCUT2D eigenvalue weighted by Crippen LogP contribution is 2.39. The van der Waals surface area contributed by atoms with Gasteiger partial charge in [0.15, 0.2) is 0 Å². The Hall–Kier alpha value is -3.81. The number of halogens is 3. The first-order valence-corrected chi connectivity index (χ1v) is 8.99. The molecule has 30 heavy (non-hydrogen) atoms. The van der Waals surface area contributed by atoms with Crippen LogP contribution in [0.1, 0.15) is 26.3 Å². The zero-order chi connectivity index (χ0) is 21.3. The van der Waals surface area contributed by atoms with Crippen LogP contribution in [0.25, 0.3) is 11.1 Å². The molecule has 0 radical (unpaired) electrons. The first-order chi connectivity index (χ1) is 14.3. The maximum atomic E-state index is 12.8. The molecule has 0 atom stereocenters. The predicted molar refractivity (Wildman–Crippen MR) is 104 cm³/mol. The molecule has 8 heteroatoms. The van der Waals surface area contributed by atoms with Gasteiger partial charge in [0.05, 0.1) is 11.3 Å². The quantitative estimate of drug-likeness (QED) is 0.650. The highest BCUT2D eigenvalue weighted by Gasteiger charge is 2.33. The molecule has 0 saturated carbocycles. The highest BCUT2D eigenvalue weighted by molar-refractivity contribution is 6.11. The number of ether oxygens (including phenoxy) is 1. The van der Waals surface area contributed by atoms with E-state index in [0.717, 1.165) is 0 Å². The third kappa shape index (κ3) is 3.84. The van der Waals surface area contributed by atoms with E-state index in [1.54, 1.807) is 42.5 Å². The van der Waals surface area contributed by atoms with E-state index in [1.165, 1.54) is 24.3 Å². The first-order valence-electron chi connectivity index (χ1n) is 8.99. The molecule has 2 amide bonds. The van der Waals surface area contributed by atoms with Gasteiger partial charge in [0.1, 0.15) is 5.75 Å². The third-order valence-electron chi connectivity index (χ3n) is 4.65. The summed E-state index contributed by atoms with van der Waals surface area (Å²) in [5, 5.41) is 5.37. The minimum Gasteiger partial charge on any atom is -0.405 e. The Labute approximate surface area is 169 Å². The molecule has 0 aromatic heterocycles. The number of carbonyl (C=O) groups excluding carboxylic acids is 2. The summed E-state index contributed by atoms with van der Waals surface area (Å²) in [6, 6.07) is 17.3. The number of nitrogens with one attached hydrogen (secondary N) is 2. The summed E-state index contributed by atoms with van der Waals surface area (Å²) < 4.78 is 42.6. The zero-order valence-electron chi connectivity index (χ0n) is 15.4. The molecule has 3 aromatic carbocycles. The van der Waals surface area contributed by atoms with Crippen molar-refractivity contribution in [1.82, 2.24) is 5.32 Å². The van der Waals surface area contributed by atoms with E-state index in [0.29, 0.717) is 16.7 Å². The molecule has 2 N–H and O–H groups in total. The number of amides is 2. The summed E-state index contributed by atoms with van der Waals surface area (Å²) in [7, 11) is 0. The van der Waals surface area contributed by atoms with Crippen molar-refractivity contribution < 1.29 is 27.5 Å². The largest absolute Gasteiger partial charge is 0.573 e. The van der Waals surface area contributed by atoms with Crippen molar-refractivity contribution >= 4 is 17.5 Å². The Kier molecular flexibility index (Phi) is 4.91. The monoisotopic (exact) mass is 412 g/mol. The average molecular weight is 412 g/mol. The van der Waals surface area contributed by atoms with Gasteiger partial charge < -0.3 is 15.4 Å². The van der Waals surface area contributed by atoms with Crippen molar-refractivity contribution in [3.63, 3.8) is 0 Å². The van der Waals surface area contributed by atoms with Crippen LogP contribution in [0.4, 0.5) is 18.9 Å². The normalized spacial score (nSPS) is 12.8. The molecule has 0 spiro atoms. The van der Waals surface area contributed by atoms with Gasteiger partial charge in [-0.25, -0.2) is 0 Å². The van der Waals surface area contributed by atoms with E-state index in [4.69, 9.17) is 0 Å². The number of hydrogen-bond donors (Lipinski definition) is 2. The van der Waals surface area contributed by atoms with Crippen LogP contribution in [-0.4, -0.2) is 18.2 Å². The average Bonchev–Trinajstić information content (AvgIpc) is 3.11. The van der Waals surface area contributed by atoms with Gasteiger partial charge in [0, 0.05) is 17.7 Å². The molecular weight excluding hydrogens is 397 g/mol. The van der Waals surface area contributed by atoms with E-state index < -0.39 is 18.2 Å². The maximum absolute atomic E-state index is 12.8. The lowest BCUT2D eigenvalue weighted by molar-refractivity contribution is -0.274. The first kappa shape index (κ1) is 19.5. The number of hydrogen-bond acceptors (Lipinski definition) is 3. The minimum atomic E-state index is -4.85. The van der Waals surface area contributed by atoms with Crippen LogP contribution < -0.4 is 15.4 Å². The number of rotatable bonds is 4. The maximum Gasteiger partial charge on any atom is 0.573 e. The minimum absolute atomic E-state index is 0.124. The lowest BCUT2D eigenvalue weighted by atomic mass is 9.95. The number of carbonyl (C=O) groups is 2. The van der Waals surface area contributed by atoms with Crippen molar-refractivity contribution in [3.05, 3.63) is 83.4 Å². The summed E-state index contributed by atoms with van der Waals surface area (Å²) in [5.41, 5.74) is 2.02. The number of anilines is 1. The summed E-state index contributed by atoms with van der Waals surface area (Å²) >= 11 is 0. The molecule has 3 aromatic rings. The second kappa shape index (κ2) is 7.55. The molecular formula is C22H15F3N2O3. The Morgan fingerprint density at radius 2 is 1.63 bits per heavy atom. The topological polar surface area (TPSA) is 67.4 Å². The Balaban J connectivity index is 1.76. The second-order valence-corrected chi connectivity index (χ2v) is 6.56. The lowest BCUT2D eigenvalue weighted by Crippen LogP contribution is -2.18. The smallest absolute Gasteiger partial charge is 0.405 e. The standard InChI is InChI=1S/C22H15F3N2O3/c23-22(24,25)30-18-9-5-4-8-15(18)14-10-11-17(19-16(14)12-26-21(19)29)27-20(28)13-6-2-1-3-7-13/h1-11H,12H2,(H,26,29)(H,27,28). The highest BCUT2D eigenvalue weighted by atomic mass is 19.4. The SMILES string of the molecule is O=C(Nc1ccc(-c2ccccc2OC(F)(F)F)c2c1C(=O)NC2)c1ccccc1. The molecule has 0 fully saturated rings. The van der Waals surface area contributed by atoms with Crippen LogP contribution in [-0.2, 0) is 6.54 Å². The fourth-order valence-corrected chi connectivity index (χ4v) is 3.39. The summed E-state index contributed by atoms with van der Waals surface area (Å²) in [5.74, 6) is -1.18. The second-order valence-electron chi connectivity index (χ2n) is 6.56. The van der Waals surface area contributed by atoms with Crippen molar-refractivity contribution in [2.45, 2.75) is 12.9 Å². The summed E-state index contributed by atoms with van der Waals surface area (Å²) in [4.78, 5) is 24.9. The molecule has 5 nitrogen and oxygen atoms in total. The van der Waals surface area contributed by atoms with Crippen LogP contribution in [0.15, 0.2) is 66.7 Å². The Morgan fingerprint density at radius 3 is 2.37 bits per heavy atom. The van der Waals surface area contributed by atoms with Crippen LogP contribution in [0, 0.1) is 0 Å². The molecule has 0 unspecified atom stereocenters. The number of alkyl halides is 3. The lowest BCUT2D eigenvalue weighted by Gasteiger charge is -2.16. The van der Waals surface area contributed by atoms with Crippen molar-refractivity contribution in [2.24, 2.45) is 0 Å². The molecule has 0 bridgehead atoms.